The average molecular weight is 475 g/mol. The van der Waals surface area contributed by atoms with Crippen molar-refractivity contribution in [3.63, 3.8) is 0 Å². The molecule has 1 aromatic heterocycles. The normalized spacial score (nSPS) is 25.9. The maximum atomic E-state index is 14.7. The highest BCUT2D eigenvalue weighted by Gasteiger charge is 2.50. The maximum Gasteiger partial charge on any atom is 0.258 e. The van der Waals surface area contributed by atoms with Gasteiger partial charge in [0.25, 0.3) is 11.8 Å². The summed E-state index contributed by atoms with van der Waals surface area (Å²) in [6.07, 6.45) is 1.40. The van der Waals surface area contributed by atoms with Gasteiger partial charge in [-0.1, -0.05) is 0 Å². The fourth-order valence-electron chi connectivity index (χ4n) is 5.12. The number of nitrogens with two attached hydrogens (primary N) is 1. The van der Waals surface area contributed by atoms with Gasteiger partial charge in [-0.25, -0.2) is 18.2 Å². The van der Waals surface area contributed by atoms with Crippen molar-refractivity contribution >= 4 is 29.0 Å². The van der Waals surface area contributed by atoms with Crippen LogP contribution in [0.15, 0.2) is 24.3 Å². The van der Waals surface area contributed by atoms with Crippen molar-refractivity contribution in [1.29, 1.82) is 0 Å². The molecule has 3 N–H and O–H groups in total. The molecule has 7 nitrogen and oxygen atoms in total. The number of nitrogens with one attached hydrogen (secondary N) is 1. The predicted molar refractivity (Wildman–Crippen MR) is 125 cm³/mol. The van der Waals surface area contributed by atoms with E-state index in [0.717, 1.165) is 6.42 Å². The van der Waals surface area contributed by atoms with E-state index in [2.05, 4.69) is 15.3 Å². The van der Waals surface area contributed by atoms with E-state index >= 15 is 0 Å². The van der Waals surface area contributed by atoms with Crippen LogP contribution in [0.4, 0.5) is 36.3 Å². The van der Waals surface area contributed by atoms with Crippen LogP contribution in [0.25, 0.3) is 0 Å². The predicted octanol–water partition coefficient (Wildman–Crippen LogP) is 4.18. The third-order valence-electron chi connectivity index (χ3n) is 7.35. The molecule has 1 aliphatic carbocycles. The van der Waals surface area contributed by atoms with Crippen LogP contribution in [0.5, 0.6) is 0 Å². The fraction of sp³-hybridized carbons (Fsp3) is 0.542. The van der Waals surface area contributed by atoms with Crippen LogP contribution in [0, 0.1) is 12.8 Å². The third-order valence-corrected chi connectivity index (χ3v) is 7.35. The number of rotatable bonds is 4. The van der Waals surface area contributed by atoms with Crippen LogP contribution < -0.4 is 20.9 Å². The van der Waals surface area contributed by atoms with Crippen molar-refractivity contribution in [2.75, 3.05) is 47.0 Å². The molecule has 182 valence electrons. The van der Waals surface area contributed by atoms with Crippen molar-refractivity contribution in [3.8, 4) is 0 Å². The Labute approximate surface area is 196 Å². The van der Waals surface area contributed by atoms with Gasteiger partial charge in [-0.2, -0.15) is 4.98 Å². The molecule has 2 atom stereocenters. The van der Waals surface area contributed by atoms with Crippen molar-refractivity contribution in [2.45, 2.75) is 50.6 Å². The Balaban J connectivity index is 1.35. The second-order valence-electron chi connectivity index (χ2n) is 9.73. The Morgan fingerprint density at radius 2 is 1.79 bits per heavy atom. The minimum Gasteiger partial charge on any atom is -0.399 e. The first-order valence-electron chi connectivity index (χ1n) is 11.8. The summed E-state index contributed by atoms with van der Waals surface area (Å²) < 4.78 is 41.8. The van der Waals surface area contributed by atoms with Crippen LogP contribution in [-0.2, 0) is 0 Å². The lowest BCUT2D eigenvalue weighted by Crippen LogP contribution is -2.55. The second-order valence-corrected chi connectivity index (χ2v) is 9.73. The number of halogens is 3. The number of nitrogens with zero attached hydrogens (tertiary/aromatic N) is 4. The number of benzene rings is 1. The number of amides is 1. The van der Waals surface area contributed by atoms with Gasteiger partial charge in [0.1, 0.15) is 11.5 Å². The molecule has 0 radical (unpaired) electrons. The smallest absolute Gasteiger partial charge is 0.258 e. The molecule has 3 aliphatic rings. The molecular weight excluding hydrogens is 445 g/mol. The van der Waals surface area contributed by atoms with Crippen LogP contribution >= 0.6 is 0 Å². The Morgan fingerprint density at radius 3 is 2.47 bits per heavy atom. The van der Waals surface area contributed by atoms with Gasteiger partial charge < -0.3 is 20.9 Å². The molecule has 34 heavy (non-hydrogen) atoms. The van der Waals surface area contributed by atoms with E-state index in [0.29, 0.717) is 60.3 Å². The van der Waals surface area contributed by atoms with E-state index in [1.807, 2.05) is 4.90 Å². The summed E-state index contributed by atoms with van der Waals surface area (Å²) in [7, 11) is 0. The molecule has 1 aromatic carbocycles. The zero-order valence-corrected chi connectivity index (χ0v) is 19.2. The number of hydrogen-bond acceptors (Lipinski definition) is 6. The van der Waals surface area contributed by atoms with Gasteiger partial charge >= 0.3 is 0 Å². The molecule has 5 rings (SSSR count). The number of fused-ring (bicyclic) bond motifs is 1. The van der Waals surface area contributed by atoms with Gasteiger partial charge in [-0.15, -0.1) is 0 Å². The number of carbonyl (C=O) groups excluding carboxylic acids is 1. The molecule has 1 saturated carbocycles. The van der Waals surface area contributed by atoms with E-state index < -0.39 is 11.6 Å². The summed E-state index contributed by atoms with van der Waals surface area (Å²) in [5.41, 5.74) is 7.19. The zero-order valence-electron chi connectivity index (χ0n) is 19.2. The molecule has 2 saturated heterocycles. The summed E-state index contributed by atoms with van der Waals surface area (Å²) in [5, 5.41) is 2.83. The number of piperidine rings is 2. The van der Waals surface area contributed by atoms with Crippen molar-refractivity contribution in [1.82, 2.24) is 9.97 Å². The molecular formula is C24H29F3N6O. The molecule has 2 unspecified atom stereocenters. The quantitative estimate of drug-likeness (QED) is 0.647. The molecule has 0 spiro atoms. The van der Waals surface area contributed by atoms with Crippen LogP contribution in [0.3, 0.4) is 0 Å². The largest absolute Gasteiger partial charge is 0.399 e. The van der Waals surface area contributed by atoms with Gasteiger partial charge in [0, 0.05) is 62.4 Å². The lowest BCUT2D eigenvalue weighted by Gasteiger charge is -2.51. The number of hydrogen-bond donors (Lipinski definition) is 2. The molecule has 3 heterocycles. The molecule has 2 aromatic rings. The monoisotopic (exact) mass is 474 g/mol. The minimum absolute atomic E-state index is 0.0254. The summed E-state index contributed by atoms with van der Waals surface area (Å²) in [6.45, 7) is 3.14. The van der Waals surface area contributed by atoms with E-state index in [4.69, 9.17) is 5.73 Å². The second kappa shape index (κ2) is 8.32. The van der Waals surface area contributed by atoms with Gasteiger partial charge in [0.2, 0.25) is 5.95 Å². The van der Waals surface area contributed by atoms with E-state index in [9.17, 15) is 18.0 Å². The third kappa shape index (κ3) is 4.37. The maximum absolute atomic E-state index is 14.7. The highest BCUT2D eigenvalue weighted by molar-refractivity contribution is 6.08. The lowest BCUT2D eigenvalue weighted by atomic mass is 9.66. The number of carbonyl (C=O) groups is 1. The van der Waals surface area contributed by atoms with E-state index in [1.165, 1.54) is 0 Å². The van der Waals surface area contributed by atoms with Crippen LogP contribution in [-0.4, -0.2) is 53.6 Å². The minimum atomic E-state index is -2.67. The molecule has 10 heteroatoms. The van der Waals surface area contributed by atoms with Gasteiger partial charge in [0.15, 0.2) is 0 Å². The number of anilines is 4. The van der Waals surface area contributed by atoms with Crippen molar-refractivity contribution < 1.29 is 18.0 Å². The first kappa shape index (κ1) is 22.7. The fourth-order valence-corrected chi connectivity index (χ4v) is 5.12. The summed E-state index contributed by atoms with van der Waals surface area (Å²) >= 11 is 0. The number of aromatic nitrogens is 2. The Morgan fingerprint density at radius 1 is 1.06 bits per heavy atom. The van der Waals surface area contributed by atoms with E-state index in [-0.39, 0.29) is 37.8 Å². The molecule has 2 aliphatic heterocycles. The standard InChI is InChI=1S/C24H29F3N6O/c1-15-12-20(31-22(29-15)32-10-7-24(26,27)8-11-32)30-21(34)18-3-2-17(28)13-19(18)33-9-6-23(25)5-4-16(23)14-33/h2-3,12-13,16H,4-11,14,28H2,1H3,(H,29,30,31,34). The zero-order chi connectivity index (χ0) is 24.1. The number of alkyl halides is 3. The average Bonchev–Trinajstić information content (AvgIpc) is 2.76. The first-order valence-corrected chi connectivity index (χ1v) is 11.8. The highest BCUT2D eigenvalue weighted by atomic mass is 19.3. The van der Waals surface area contributed by atoms with Crippen molar-refractivity contribution in [2.24, 2.45) is 5.92 Å². The van der Waals surface area contributed by atoms with Gasteiger partial charge in [0.05, 0.1) is 11.3 Å². The summed E-state index contributed by atoms with van der Waals surface area (Å²) in [5.74, 6) is -2.44. The molecule has 3 fully saturated rings. The summed E-state index contributed by atoms with van der Waals surface area (Å²) in [4.78, 5) is 25.8. The van der Waals surface area contributed by atoms with Gasteiger partial charge in [-0.3, -0.25) is 4.79 Å². The van der Waals surface area contributed by atoms with Gasteiger partial charge in [-0.05, 0) is 44.4 Å². The van der Waals surface area contributed by atoms with Crippen LogP contribution in [0.1, 0.15) is 48.2 Å². The van der Waals surface area contributed by atoms with E-state index in [1.54, 1.807) is 36.1 Å². The SMILES string of the molecule is Cc1cc(NC(=O)c2ccc(N)cc2N2CCC3(F)CCC3C2)nc(N2CCC(F)(F)CC2)n1. The molecule has 1 amide bonds. The van der Waals surface area contributed by atoms with Crippen molar-refractivity contribution in [3.05, 3.63) is 35.5 Å². The van der Waals surface area contributed by atoms with Crippen LogP contribution in [0.2, 0.25) is 0 Å². The topological polar surface area (TPSA) is 87.4 Å². The number of nitrogen functional groups attached to an aromatic ring is 1. The Hall–Kier alpha value is -3.04. The lowest BCUT2D eigenvalue weighted by molar-refractivity contribution is -0.0309. The summed E-state index contributed by atoms with van der Waals surface area (Å²) in [6, 6.07) is 6.72. The molecule has 0 bridgehead atoms. The first-order chi connectivity index (χ1) is 16.1. The number of aryl methyl sites for hydroxylation is 1. The Kier molecular flexibility index (Phi) is 5.56. The Bertz CT molecular complexity index is 1100. The highest BCUT2D eigenvalue weighted by Crippen LogP contribution is 2.48.